The van der Waals surface area contributed by atoms with Crippen LogP contribution in [-0.4, -0.2) is 48.9 Å². The van der Waals surface area contributed by atoms with Gasteiger partial charge in [0.15, 0.2) is 5.65 Å². The Balaban J connectivity index is 1.36. The average Bonchev–Trinajstić information content (AvgIpc) is 3.35. The first-order valence-corrected chi connectivity index (χ1v) is 11.9. The molecule has 0 saturated heterocycles. The van der Waals surface area contributed by atoms with Crippen molar-refractivity contribution < 1.29 is 4.79 Å². The quantitative estimate of drug-likeness (QED) is 0.404. The van der Waals surface area contributed by atoms with E-state index in [-0.39, 0.29) is 11.9 Å². The van der Waals surface area contributed by atoms with Crippen molar-refractivity contribution in [2.45, 2.75) is 32.2 Å². The zero-order chi connectivity index (χ0) is 22.2. The Hall–Kier alpha value is -2.92. The summed E-state index contributed by atoms with van der Waals surface area (Å²) in [5, 5.41) is 21.6. The summed E-state index contributed by atoms with van der Waals surface area (Å²) in [5.41, 5.74) is 2.63. The van der Waals surface area contributed by atoms with E-state index in [4.69, 9.17) is 4.98 Å². The number of hydrogen-bond acceptors (Lipinski definition) is 8. The SMILES string of the molecule is CNC(=O)CC1CC(Nc2ncc3c(Br)nn(-c4ccc(-c5nnc(C)s5)cc4)c3n2)C1. The van der Waals surface area contributed by atoms with Crippen LogP contribution in [0.2, 0.25) is 0 Å². The van der Waals surface area contributed by atoms with Crippen molar-refractivity contribution in [1.29, 1.82) is 0 Å². The highest BCUT2D eigenvalue weighted by molar-refractivity contribution is 9.10. The predicted octanol–water partition coefficient (Wildman–Crippen LogP) is 3.73. The Bertz CT molecular complexity index is 1280. The Morgan fingerprint density at radius 1 is 1.25 bits per heavy atom. The molecule has 0 bridgehead atoms. The molecule has 2 N–H and O–H groups in total. The second-order valence-electron chi connectivity index (χ2n) is 7.86. The lowest BCUT2D eigenvalue weighted by molar-refractivity contribution is -0.122. The van der Waals surface area contributed by atoms with E-state index in [1.807, 2.05) is 31.2 Å². The van der Waals surface area contributed by atoms with Gasteiger partial charge >= 0.3 is 0 Å². The number of nitrogens with zero attached hydrogens (tertiary/aromatic N) is 6. The number of fused-ring (bicyclic) bond motifs is 1. The summed E-state index contributed by atoms with van der Waals surface area (Å²) >= 11 is 5.09. The van der Waals surface area contributed by atoms with Gasteiger partial charge in [-0.15, -0.1) is 10.2 Å². The van der Waals surface area contributed by atoms with Crippen molar-refractivity contribution in [3.63, 3.8) is 0 Å². The fourth-order valence-electron chi connectivity index (χ4n) is 3.84. The Morgan fingerprint density at radius 3 is 2.72 bits per heavy atom. The summed E-state index contributed by atoms with van der Waals surface area (Å²) in [7, 11) is 1.67. The number of halogens is 1. The van der Waals surface area contributed by atoms with E-state index < -0.39 is 0 Å². The monoisotopic (exact) mass is 512 g/mol. The first-order chi connectivity index (χ1) is 15.5. The van der Waals surface area contributed by atoms with Gasteiger partial charge in [0.25, 0.3) is 0 Å². The van der Waals surface area contributed by atoms with Gasteiger partial charge in [-0.2, -0.15) is 10.1 Å². The van der Waals surface area contributed by atoms with E-state index in [9.17, 15) is 4.79 Å². The summed E-state index contributed by atoms with van der Waals surface area (Å²) in [6.45, 7) is 1.94. The maximum atomic E-state index is 11.5. The number of amides is 1. The molecule has 0 radical (unpaired) electrons. The summed E-state index contributed by atoms with van der Waals surface area (Å²) < 4.78 is 2.49. The summed E-state index contributed by atoms with van der Waals surface area (Å²) in [6, 6.07) is 8.29. The van der Waals surface area contributed by atoms with Gasteiger partial charge in [0.2, 0.25) is 11.9 Å². The van der Waals surface area contributed by atoms with Crippen LogP contribution in [0, 0.1) is 12.8 Å². The molecule has 1 aliphatic carbocycles. The smallest absolute Gasteiger partial charge is 0.224 e. The molecule has 3 heterocycles. The topological polar surface area (TPSA) is 111 Å². The molecule has 0 spiro atoms. The van der Waals surface area contributed by atoms with Gasteiger partial charge in [-0.1, -0.05) is 11.3 Å². The van der Waals surface area contributed by atoms with Gasteiger partial charge in [0.1, 0.15) is 14.6 Å². The van der Waals surface area contributed by atoms with Gasteiger partial charge in [-0.25, -0.2) is 9.67 Å². The van der Waals surface area contributed by atoms with Crippen LogP contribution in [0.4, 0.5) is 5.95 Å². The molecule has 4 aromatic rings. The number of benzene rings is 1. The molecule has 0 aliphatic heterocycles. The highest BCUT2D eigenvalue weighted by Crippen LogP contribution is 2.33. The summed E-state index contributed by atoms with van der Waals surface area (Å²) in [4.78, 5) is 20.7. The molecule has 0 unspecified atom stereocenters. The molecule has 1 saturated carbocycles. The molecule has 9 nitrogen and oxygen atoms in total. The molecule has 164 valence electrons. The largest absolute Gasteiger partial charge is 0.359 e. The second-order valence-corrected chi connectivity index (χ2v) is 9.80. The highest BCUT2D eigenvalue weighted by atomic mass is 79.9. The molecule has 32 heavy (non-hydrogen) atoms. The highest BCUT2D eigenvalue weighted by Gasteiger charge is 2.31. The van der Waals surface area contributed by atoms with Crippen molar-refractivity contribution >= 4 is 50.2 Å². The predicted molar refractivity (Wildman–Crippen MR) is 127 cm³/mol. The van der Waals surface area contributed by atoms with E-state index in [0.29, 0.717) is 22.9 Å². The molecule has 0 atom stereocenters. The molecular formula is C21H21BrN8OS. The number of carbonyl (C=O) groups is 1. The lowest BCUT2D eigenvalue weighted by atomic mass is 9.78. The van der Waals surface area contributed by atoms with Gasteiger partial charge in [-0.05, 0) is 65.9 Å². The van der Waals surface area contributed by atoms with Crippen molar-refractivity contribution in [1.82, 2.24) is 35.3 Å². The van der Waals surface area contributed by atoms with Crippen LogP contribution in [0.25, 0.3) is 27.3 Å². The lowest BCUT2D eigenvalue weighted by Gasteiger charge is -2.35. The minimum atomic E-state index is 0.0900. The van der Waals surface area contributed by atoms with Crippen LogP contribution in [0.15, 0.2) is 35.1 Å². The lowest BCUT2D eigenvalue weighted by Crippen LogP contribution is -2.38. The normalized spacial score (nSPS) is 17.8. The van der Waals surface area contributed by atoms with E-state index in [1.54, 1.807) is 29.3 Å². The molecule has 5 rings (SSSR count). The van der Waals surface area contributed by atoms with Crippen molar-refractivity contribution in [3.05, 3.63) is 40.1 Å². The first-order valence-electron chi connectivity index (χ1n) is 10.3. The van der Waals surface area contributed by atoms with E-state index in [0.717, 1.165) is 45.1 Å². The third-order valence-corrected chi connectivity index (χ3v) is 7.06. The fourth-order valence-corrected chi connectivity index (χ4v) is 4.98. The molecule has 1 amide bonds. The Morgan fingerprint density at radius 2 is 2.03 bits per heavy atom. The van der Waals surface area contributed by atoms with Gasteiger partial charge in [-0.3, -0.25) is 4.79 Å². The molecule has 11 heteroatoms. The molecule has 1 aromatic carbocycles. The van der Waals surface area contributed by atoms with Crippen molar-refractivity contribution in [2.75, 3.05) is 12.4 Å². The fraction of sp³-hybridized carbons (Fsp3) is 0.333. The number of hydrogen-bond donors (Lipinski definition) is 2. The standard InChI is InChI=1S/C21H21BrN8OS/c1-11-27-28-20(32-11)13-3-5-15(6-4-13)30-19-16(18(22)29-30)10-24-21(26-19)25-14-7-12(8-14)9-17(31)23-2/h3-6,10,12,14H,7-9H2,1-2H3,(H,23,31)(H,24,25,26). The maximum Gasteiger partial charge on any atom is 0.224 e. The number of carbonyl (C=O) groups excluding carboxylic acids is 1. The van der Waals surface area contributed by atoms with Crippen molar-refractivity contribution in [3.8, 4) is 16.3 Å². The molecular weight excluding hydrogens is 492 g/mol. The Labute approximate surface area is 196 Å². The van der Waals surface area contributed by atoms with E-state index in [1.165, 1.54) is 0 Å². The minimum absolute atomic E-state index is 0.0900. The summed E-state index contributed by atoms with van der Waals surface area (Å²) in [5.74, 6) is 1.06. The summed E-state index contributed by atoms with van der Waals surface area (Å²) in [6.07, 6.45) is 4.22. The van der Waals surface area contributed by atoms with Crippen LogP contribution in [0.3, 0.4) is 0 Å². The maximum absolute atomic E-state index is 11.5. The number of nitrogens with one attached hydrogen (secondary N) is 2. The zero-order valence-electron chi connectivity index (χ0n) is 17.5. The third kappa shape index (κ3) is 4.09. The van der Waals surface area contributed by atoms with Gasteiger partial charge < -0.3 is 10.6 Å². The third-order valence-electron chi connectivity index (χ3n) is 5.59. The van der Waals surface area contributed by atoms with Gasteiger partial charge in [0, 0.05) is 31.3 Å². The Kier molecular flexibility index (Phi) is 5.60. The minimum Gasteiger partial charge on any atom is -0.359 e. The van der Waals surface area contributed by atoms with Crippen LogP contribution in [-0.2, 0) is 4.79 Å². The molecule has 3 aromatic heterocycles. The number of rotatable bonds is 6. The molecule has 1 fully saturated rings. The number of aryl methyl sites for hydroxylation is 1. The first kappa shape index (κ1) is 21.0. The second kappa shape index (κ2) is 8.55. The van der Waals surface area contributed by atoms with E-state index >= 15 is 0 Å². The average molecular weight is 513 g/mol. The van der Waals surface area contributed by atoms with Crippen LogP contribution in [0.5, 0.6) is 0 Å². The number of aromatic nitrogens is 6. The van der Waals surface area contributed by atoms with Crippen molar-refractivity contribution in [2.24, 2.45) is 5.92 Å². The van der Waals surface area contributed by atoms with E-state index in [2.05, 4.69) is 46.8 Å². The van der Waals surface area contributed by atoms with Crippen LogP contribution >= 0.6 is 27.3 Å². The van der Waals surface area contributed by atoms with Crippen LogP contribution in [0.1, 0.15) is 24.3 Å². The number of anilines is 1. The van der Waals surface area contributed by atoms with Crippen LogP contribution < -0.4 is 10.6 Å². The molecule has 1 aliphatic rings. The van der Waals surface area contributed by atoms with Gasteiger partial charge in [0.05, 0.1) is 11.1 Å². The zero-order valence-corrected chi connectivity index (χ0v) is 19.9.